The molecular weight excluding hydrogens is 350 g/mol. The van der Waals surface area contributed by atoms with Crippen LogP contribution in [-0.2, 0) is 14.3 Å². The standard InChI is InChI=1S/C16H14ClN3O5/c1-2-24-14-11(8-3-5-9(6-4-8)20(22)23)12-10(21)7-19-15(17)13(12)25-16(14)18/h3-6,11H,2,7,18H2,1H3. The number of carbonyl (C=O) groups excluding carboxylic acids is 1. The fourth-order valence-electron chi connectivity index (χ4n) is 2.78. The molecule has 130 valence electrons. The molecule has 2 aliphatic heterocycles. The molecule has 25 heavy (non-hydrogen) atoms. The van der Waals surface area contributed by atoms with Crippen molar-refractivity contribution < 1.29 is 19.2 Å². The summed E-state index contributed by atoms with van der Waals surface area (Å²) in [6.45, 7) is 1.97. The summed E-state index contributed by atoms with van der Waals surface area (Å²) in [7, 11) is 0. The molecular formula is C16H14ClN3O5. The van der Waals surface area contributed by atoms with Gasteiger partial charge in [0, 0.05) is 12.1 Å². The Morgan fingerprint density at radius 3 is 2.72 bits per heavy atom. The van der Waals surface area contributed by atoms with Gasteiger partial charge in [-0.3, -0.25) is 19.9 Å². The number of halogens is 1. The molecule has 1 atom stereocenters. The van der Waals surface area contributed by atoms with Gasteiger partial charge in [0.1, 0.15) is 6.54 Å². The largest absolute Gasteiger partial charge is 0.492 e. The van der Waals surface area contributed by atoms with E-state index in [1.54, 1.807) is 19.1 Å². The Morgan fingerprint density at radius 2 is 2.12 bits per heavy atom. The first-order chi connectivity index (χ1) is 11.9. The van der Waals surface area contributed by atoms with Gasteiger partial charge >= 0.3 is 0 Å². The Labute approximate surface area is 147 Å². The summed E-state index contributed by atoms with van der Waals surface area (Å²) in [5.74, 6) is -0.585. The molecule has 0 spiro atoms. The van der Waals surface area contributed by atoms with E-state index in [2.05, 4.69) is 4.99 Å². The van der Waals surface area contributed by atoms with E-state index < -0.39 is 10.8 Å². The minimum absolute atomic E-state index is 0.0213. The summed E-state index contributed by atoms with van der Waals surface area (Å²) >= 11 is 6.07. The Morgan fingerprint density at radius 1 is 1.44 bits per heavy atom. The molecule has 2 heterocycles. The fourth-order valence-corrected chi connectivity index (χ4v) is 2.98. The number of carbonyl (C=O) groups is 1. The van der Waals surface area contributed by atoms with Crippen LogP contribution in [0.1, 0.15) is 18.4 Å². The number of hydrogen-bond acceptors (Lipinski definition) is 7. The molecule has 9 heteroatoms. The SMILES string of the molecule is CCOC1=C(N)OC2=C(C(=O)CN=C2Cl)C1c1ccc([N+](=O)[O-])cc1. The molecule has 1 aromatic rings. The van der Waals surface area contributed by atoms with Gasteiger partial charge < -0.3 is 15.2 Å². The number of ether oxygens (including phenoxy) is 2. The molecule has 3 rings (SSSR count). The minimum Gasteiger partial charge on any atom is -0.492 e. The predicted octanol–water partition coefficient (Wildman–Crippen LogP) is 2.35. The van der Waals surface area contributed by atoms with Gasteiger partial charge in [-0.1, -0.05) is 23.7 Å². The first kappa shape index (κ1) is 17.0. The lowest BCUT2D eigenvalue weighted by Gasteiger charge is -2.31. The number of allylic oxidation sites excluding steroid dienone is 2. The molecule has 0 radical (unpaired) electrons. The number of nitrogens with zero attached hydrogens (tertiary/aromatic N) is 2. The van der Waals surface area contributed by atoms with Crippen LogP contribution in [0, 0.1) is 10.1 Å². The topological polar surface area (TPSA) is 117 Å². The van der Waals surface area contributed by atoms with Crippen LogP contribution in [0.25, 0.3) is 0 Å². The third-order valence-corrected chi connectivity index (χ3v) is 4.13. The zero-order chi connectivity index (χ0) is 18.1. The third kappa shape index (κ3) is 2.96. The number of aliphatic imine (C=N–C) groups is 1. The first-order valence-corrected chi connectivity index (χ1v) is 7.84. The zero-order valence-corrected chi connectivity index (χ0v) is 13.9. The molecule has 2 N–H and O–H groups in total. The maximum Gasteiger partial charge on any atom is 0.269 e. The number of nitro benzene ring substituents is 1. The number of rotatable bonds is 4. The smallest absolute Gasteiger partial charge is 0.269 e. The average molecular weight is 364 g/mol. The van der Waals surface area contributed by atoms with Gasteiger partial charge in [0.25, 0.3) is 5.69 Å². The molecule has 0 saturated carbocycles. The van der Waals surface area contributed by atoms with E-state index in [4.69, 9.17) is 26.8 Å². The van der Waals surface area contributed by atoms with Crippen LogP contribution in [0.3, 0.4) is 0 Å². The molecule has 0 saturated heterocycles. The first-order valence-electron chi connectivity index (χ1n) is 7.46. The van der Waals surface area contributed by atoms with Gasteiger partial charge in [0.15, 0.2) is 22.5 Å². The van der Waals surface area contributed by atoms with E-state index in [9.17, 15) is 14.9 Å². The van der Waals surface area contributed by atoms with Gasteiger partial charge in [-0.2, -0.15) is 0 Å². The van der Waals surface area contributed by atoms with Crippen molar-refractivity contribution in [2.24, 2.45) is 10.7 Å². The van der Waals surface area contributed by atoms with Crippen molar-refractivity contribution in [2.45, 2.75) is 12.8 Å². The molecule has 0 aromatic heterocycles. The second-order valence-corrected chi connectivity index (χ2v) is 5.68. The van der Waals surface area contributed by atoms with Crippen molar-refractivity contribution in [2.75, 3.05) is 13.2 Å². The van der Waals surface area contributed by atoms with Gasteiger partial charge in [0.2, 0.25) is 5.88 Å². The molecule has 2 aliphatic rings. The molecule has 1 unspecified atom stereocenters. The lowest BCUT2D eigenvalue weighted by molar-refractivity contribution is -0.384. The number of non-ortho nitro benzene ring substituents is 1. The quantitative estimate of drug-likeness (QED) is 0.648. The number of nitro groups is 1. The van der Waals surface area contributed by atoms with Gasteiger partial charge in [-0.25, -0.2) is 0 Å². The van der Waals surface area contributed by atoms with Crippen LogP contribution in [0.2, 0.25) is 0 Å². The summed E-state index contributed by atoms with van der Waals surface area (Å²) in [5.41, 5.74) is 6.78. The van der Waals surface area contributed by atoms with Gasteiger partial charge in [-0.05, 0) is 12.5 Å². The van der Waals surface area contributed by atoms with E-state index in [-0.39, 0.29) is 46.2 Å². The Kier molecular flexibility index (Phi) is 4.45. The van der Waals surface area contributed by atoms with E-state index in [1.807, 2.05) is 0 Å². The molecule has 0 aliphatic carbocycles. The normalized spacial score (nSPS) is 20.0. The Hall–Kier alpha value is -2.87. The number of hydrogen-bond donors (Lipinski definition) is 1. The van der Waals surface area contributed by atoms with Gasteiger partial charge in [0.05, 0.1) is 23.0 Å². The molecule has 0 fully saturated rings. The summed E-state index contributed by atoms with van der Waals surface area (Å²) in [6, 6.07) is 5.82. The van der Waals surface area contributed by atoms with E-state index in [0.29, 0.717) is 12.2 Å². The van der Waals surface area contributed by atoms with E-state index in [0.717, 1.165) is 0 Å². The van der Waals surface area contributed by atoms with Crippen LogP contribution < -0.4 is 5.73 Å². The number of benzene rings is 1. The predicted molar refractivity (Wildman–Crippen MR) is 89.9 cm³/mol. The summed E-state index contributed by atoms with van der Waals surface area (Å²) < 4.78 is 11.1. The average Bonchev–Trinajstić information content (AvgIpc) is 2.59. The van der Waals surface area contributed by atoms with Crippen molar-refractivity contribution in [1.29, 1.82) is 0 Å². The van der Waals surface area contributed by atoms with Crippen molar-refractivity contribution in [3.63, 3.8) is 0 Å². The maximum absolute atomic E-state index is 12.5. The Balaban J connectivity index is 2.15. The van der Waals surface area contributed by atoms with E-state index in [1.165, 1.54) is 12.1 Å². The molecule has 8 nitrogen and oxygen atoms in total. The number of Topliss-reactive ketones (excluding diaryl/α,β-unsaturated/α-hetero) is 1. The minimum atomic E-state index is -0.666. The molecule has 0 amide bonds. The number of nitrogens with two attached hydrogens (primary N) is 1. The lowest BCUT2D eigenvalue weighted by Crippen LogP contribution is -2.31. The van der Waals surface area contributed by atoms with Crippen LogP contribution in [0.15, 0.2) is 52.2 Å². The van der Waals surface area contributed by atoms with Crippen molar-refractivity contribution in [1.82, 2.24) is 0 Å². The Bertz CT molecular complexity index is 842. The van der Waals surface area contributed by atoms with Crippen molar-refractivity contribution in [3.05, 3.63) is 62.9 Å². The van der Waals surface area contributed by atoms with Crippen LogP contribution in [0.5, 0.6) is 0 Å². The maximum atomic E-state index is 12.5. The summed E-state index contributed by atoms with van der Waals surface area (Å²) in [4.78, 5) is 26.7. The molecule has 0 bridgehead atoms. The van der Waals surface area contributed by atoms with E-state index >= 15 is 0 Å². The van der Waals surface area contributed by atoms with Crippen molar-refractivity contribution >= 4 is 28.2 Å². The summed E-state index contributed by atoms with van der Waals surface area (Å²) in [6.07, 6.45) is 0. The monoisotopic (exact) mass is 363 g/mol. The van der Waals surface area contributed by atoms with Crippen molar-refractivity contribution in [3.8, 4) is 0 Å². The second-order valence-electron chi connectivity index (χ2n) is 5.32. The third-order valence-electron chi connectivity index (χ3n) is 3.84. The van der Waals surface area contributed by atoms with Crippen LogP contribution >= 0.6 is 11.6 Å². The highest BCUT2D eigenvalue weighted by Gasteiger charge is 2.40. The van der Waals surface area contributed by atoms with Crippen LogP contribution in [0.4, 0.5) is 5.69 Å². The highest BCUT2D eigenvalue weighted by Crippen LogP contribution is 2.42. The second kappa shape index (κ2) is 6.56. The summed E-state index contributed by atoms with van der Waals surface area (Å²) in [5, 5.41) is 10.9. The highest BCUT2D eigenvalue weighted by molar-refractivity contribution is 6.70. The zero-order valence-electron chi connectivity index (χ0n) is 13.2. The lowest BCUT2D eigenvalue weighted by atomic mass is 9.84. The molecule has 1 aromatic carbocycles. The number of dihydropyridines is 1. The van der Waals surface area contributed by atoms with Gasteiger partial charge in [-0.15, -0.1) is 0 Å². The highest BCUT2D eigenvalue weighted by atomic mass is 35.5. The van der Waals surface area contributed by atoms with Crippen LogP contribution in [-0.4, -0.2) is 29.0 Å². The number of ketones is 1. The fraction of sp³-hybridized carbons (Fsp3) is 0.250.